The molecule has 7 heteroatoms. The molecular formula is C16H21ClF2N2O2. The zero-order valence-corrected chi connectivity index (χ0v) is 13.6. The normalized spacial score (nSPS) is 19.3. The second-order valence-electron chi connectivity index (χ2n) is 5.78. The van der Waals surface area contributed by atoms with Gasteiger partial charge in [0.2, 0.25) is 0 Å². The molecule has 0 spiro atoms. The number of carbonyl (C=O) groups excluding carboxylic acids is 1. The largest absolute Gasteiger partial charge is 0.378 e. The van der Waals surface area contributed by atoms with Gasteiger partial charge >= 0.3 is 0 Å². The quantitative estimate of drug-likeness (QED) is 0.893. The van der Waals surface area contributed by atoms with Gasteiger partial charge in [0.05, 0.1) is 18.8 Å². The van der Waals surface area contributed by atoms with Gasteiger partial charge in [-0.3, -0.25) is 4.79 Å². The number of morpholine rings is 1. The van der Waals surface area contributed by atoms with Crippen LogP contribution in [-0.4, -0.2) is 50.2 Å². The molecule has 0 aromatic heterocycles. The number of ether oxygens (including phenoxy) is 1. The van der Waals surface area contributed by atoms with E-state index >= 15 is 0 Å². The SMILES string of the molecule is Cl.O=C(c1cc(F)c(C2CCNCC2)cc1F)N1CCOCC1. The van der Waals surface area contributed by atoms with Crippen molar-refractivity contribution in [2.75, 3.05) is 39.4 Å². The van der Waals surface area contributed by atoms with Crippen molar-refractivity contribution < 1.29 is 18.3 Å². The van der Waals surface area contributed by atoms with Crippen LogP contribution in [0, 0.1) is 11.6 Å². The van der Waals surface area contributed by atoms with Gasteiger partial charge in [0.15, 0.2) is 0 Å². The van der Waals surface area contributed by atoms with Crippen molar-refractivity contribution in [3.63, 3.8) is 0 Å². The van der Waals surface area contributed by atoms with Crippen LogP contribution < -0.4 is 5.32 Å². The van der Waals surface area contributed by atoms with Crippen LogP contribution in [0.1, 0.15) is 34.7 Å². The van der Waals surface area contributed by atoms with Crippen molar-refractivity contribution in [3.05, 3.63) is 34.9 Å². The van der Waals surface area contributed by atoms with Gasteiger partial charge in [0.25, 0.3) is 5.91 Å². The first kappa shape index (κ1) is 18.1. The van der Waals surface area contributed by atoms with Gasteiger partial charge in [0.1, 0.15) is 11.6 Å². The predicted octanol–water partition coefficient (Wildman–Crippen LogP) is 2.33. The number of halogens is 3. The van der Waals surface area contributed by atoms with E-state index in [0.717, 1.165) is 32.0 Å². The summed E-state index contributed by atoms with van der Waals surface area (Å²) in [6, 6.07) is 2.27. The fourth-order valence-corrected chi connectivity index (χ4v) is 3.11. The summed E-state index contributed by atoms with van der Waals surface area (Å²) >= 11 is 0. The van der Waals surface area contributed by atoms with Crippen LogP contribution in [-0.2, 0) is 4.74 Å². The number of piperidine rings is 1. The summed E-state index contributed by atoms with van der Waals surface area (Å²) in [5.74, 6) is -1.56. The highest BCUT2D eigenvalue weighted by atomic mass is 35.5. The number of rotatable bonds is 2. The Bertz CT molecular complexity index is 559. The monoisotopic (exact) mass is 346 g/mol. The zero-order chi connectivity index (χ0) is 15.5. The van der Waals surface area contributed by atoms with Crippen LogP contribution in [0.2, 0.25) is 0 Å². The van der Waals surface area contributed by atoms with E-state index in [1.54, 1.807) is 0 Å². The second-order valence-corrected chi connectivity index (χ2v) is 5.78. The average molecular weight is 347 g/mol. The highest BCUT2D eigenvalue weighted by Gasteiger charge is 2.25. The van der Waals surface area contributed by atoms with E-state index in [-0.39, 0.29) is 23.9 Å². The van der Waals surface area contributed by atoms with Gasteiger partial charge < -0.3 is 15.0 Å². The lowest BCUT2D eigenvalue weighted by Crippen LogP contribution is -2.41. The smallest absolute Gasteiger partial charge is 0.257 e. The van der Waals surface area contributed by atoms with Crippen molar-refractivity contribution in [1.82, 2.24) is 10.2 Å². The van der Waals surface area contributed by atoms with Crippen molar-refractivity contribution >= 4 is 18.3 Å². The summed E-state index contributed by atoms with van der Waals surface area (Å²) < 4.78 is 33.9. The predicted molar refractivity (Wildman–Crippen MR) is 85.2 cm³/mol. The van der Waals surface area contributed by atoms with Crippen molar-refractivity contribution in [3.8, 4) is 0 Å². The van der Waals surface area contributed by atoms with Gasteiger partial charge in [-0.25, -0.2) is 8.78 Å². The number of hydrogen-bond acceptors (Lipinski definition) is 3. The van der Waals surface area contributed by atoms with Crippen molar-refractivity contribution in [1.29, 1.82) is 0 Å². The lowest BCUT2D eigenvalue weighted by molar-refractivity contribution is 0.0299. The molecule has 4 nitrogen and oxygen atoms in total. The first-order valence-corrected chi connectivity index (χ1v) is 7.73. The maximum atomic E-state index is 14.4. The molecule has 1 aromatic rings. The van der Waals surface area contributed by atoms with E-state index in [9.17, 15) is 13.6 Å². The number of amides is 1. The molecule has 0 radical (unpaired) electrons. The molecule has 2 aliphatic heterocycles. The molecule has 0 saturated carbocycles. The number of nitrogens with one attached hydrogen (secondary N) is 1. The van der Waals surface area contributed by atoms with E-state index < -0.39 is 17.5 Å². The number of hydrogen-bond donors (Lipinski definition) is 1. The van der Waals surface area contributed by atoms with Gasteiger partial charge in [-0.1, -0.05) is 0 Å². The van der Waals surface area contributed by atoms with Crippen LogP contribution in [0.4, 0.5) is 8.78 Å². The third-order valence-electron chi connectivity index (χ3n) is 4.39. The summed E-state index contributed by atoms with van der Waals surface area (Å²) in [4.78, 5) is 13.8. The van der Waals surface area contributed by atoms with E-state index in [1.807, 2.05) is 0 Å². The highest BCUT2D eigenvalue weighted by Crippen LogP contribution is 2.29. The van der Waals surface area contributed by atoms with E-state index in [2.05, 4.69) is 5.32 Å². The summed E-state index contributed by atoms with van der Waals surface area (Å²) in [5, 5.41) is 3.20. The van der Waals surface area contributed by atoms with Gasteiger partial charge in [-0.2, -0.15) is 0 Å². The van der Waals surface area contributed by atoms with Crippen LogP contribution in [0.15, 0.2) is 12.1 Å². The Morgan fingerprint density at radius 1 is 1.13 bits per heavy atom. The topological polar surface area (TPSA) is 41.6 Å². The molecule has 0 atom stereocenters. The Morgan fingerprint density at radius 2 is 1.78 bits per heavy atom. The van der Waals surface area contributed by atoms with Crippen LogP contribution in [0.5, 0.6) is 0 Å². The third kappa shape index (κ3) is 4.00. The molecule has 3 rings (SSSR count). The first-order valence-electron chi connectivity index (χ1n) is 7.73. The van der Waals surface area contributed by atoms with Crippen LogP contribution >= 0.6 is 12.4 Å². The molecule has 23 heavy (non-hydrogen) atoms. The summed E-state index contributed by atoms with van der Waals surface area (Å²) in [6.45, 7) is 3.30. The molecule has 2 saturated heterocycles. The minimum Gasteiger partial charge on any atom is -0.378 e. The third-order valence-corrected chi connectivity index (χ3v) is 4.39. The minimum atomic E-state index is -0.633. The summed E-state index contributed by atoms with van der Waals surface area (Å²) in [6.07, 6.45) is 1.57. The Hall–Kier alpha value is -1.24. The minimum absolute atomic E-state index is 0. The molecule has 128 valence electrons. The first-order chi connectivity index (χ1) is 10.7. The molecule has 1 amide bonds. The van der Waals surface area contributed by atoms with E-state index in [0.29, 0.717) is 31.9 Å². The molecule has 2 heterocycles. The fraction of sp³-hybridized carbons (Fsp3) is 0.562. The van der Waals surface area contributed by atoms with Crippen LogP contribution in [0.25, 0.3) is 0 Å². The Balaban J connectivity index is 0.00000192. The molecule has 0 bridgehead atoms. The van der Waals surface area contributed by atoms with E-state index in [1.165, 1.54) is 11.0 Å². The lowest BCUT2D eigenvalue weighted by Gasteiger charge is -2.27. The summed E-state index contributed by atoms with van der Waals surface area (Å²) in [5.41, 5.74) is 0.203. The maximum Gasteiger partial charge on any atom is 0.257 e. The maximum absolute atomic E-state index is 14.4. The number of nitrogens with zero attached hydrogens (tertiary/aromatic N) is 1. The molecule has 0 unspecified atom stereocenters. The molecule has 2 fully saturated rings. The Labute approximate surface area is 140 Å². The number of benzene rings is 1. The zero-order valence-electron chi connectivity index (χ0n) is 12.8. The van der Waals surface area contributed by atoms with Crippen molar-refractivity contribution in [2.24, 2.45) is 0 Å². The average Bonchev–Trinajstić information content (AvgIpc) is 2.57. The van der Waals surface area contributed by atoms with Crippen LogP contribution in [0.3, 0.4) is 0 Å². The summed E-state index contributed by atoms with van der Waals surface area (Å²) in [7, 11) is 0. The van der Waals surface area contributed by atoms with Gasteiger partial charge in [-0.05, 0) is 49.5 Å². The molecule has 1 aromatic carbocycles. The molecule has 2 aliphatic rings. The Kier molecular flexibility index (Phi) is 6.33. The lowest BCUT2D eigenvalue weighted by atomic mass is 9.89. The fourth-order valence-electron chi connectivity index (χ4n) is 3.11. The second kappa shape index (κ2) is 8.04. The number of carbonyl (C=O) groups is 1. The highest BCUT2D eigenvalue weighted by molar-refractivity contribution is 5.94. The van der Waals surface area contributed by atoms with Gasteiger partial charge in [-0.15, -0.1) is 12.4 Å². The van der Waals surface area contributed by atoms with Crippen molar-refractivity contribution in [2.45, 2.75) is 18.8 Å². The standard InChI is InChI=1S/C16H20F2N2O2.ClH/c17-14-10-13(16(21)20-5-7-22-8-6-20)15(18)9-12(14)11-1-3-19-4-2-11;/h9-11,19H,1-8H2;1H. The van der Waals surface area contributed by atoms with E-state index in [4.69, 9.17) is 4.74 Å². The Morgan fingerprint density at radius 3 is 2.43 bits per heavy atom. The molecule has 0 aliphatic carbocycles. The molecular weight excluding hydrogens is 326 g/mol. The molecule has 1 N–H and O–H groups in total. The van der Waals surface area contributed by atoms with Gasteiger partial charge in [0, 0.05) is 13.1 Å².